The Morgan fingerprint density at radius 3 is 2.21 bits per heavy atom. The molecule has 0 fully saturated rings. The monoisotopic (exact) mass is 397 g/mol. The van der Waals surface area contributed by atoms with Crippen LogP contribution in [0.3, 0.4) is 0 Å². The van der Waals surface area contributed by atoms with Crippen molar-refractivity contribution in [1.82, 2.24) is 0 Å². The normalized spacial score (nSPS) is 12.3. The highest BCUT2D eigenvalue weighted by atomic mass is 19.4. The van der Waals surface area contributed by atoms with Gasteiger partial charge in [0.15, 0.2) is 12.4 Å². The summed E-state index contributed by atoms with van der Waals surface area (Å²) in [4.78, 5) is 25.1. The molecule has 0 spiro atoms. The quantitative estimate of drug-likeness (QED) is 0.522. The molecule has 0 aliphatic heterocycles. The third-order valence-electron chi connectivity index (χ3n) is 4.50. The molecule has 0 unspecified atom stereocenters. The van der Waals surface area contributed by atoms with E-state index in [-0.39, 0.29) is 11.5 Å². The van der Waals surface area contributed by atoms with E-state index in [0.29, 0.717) is 22.4 Å². The zero-order chi connectivity index (χ0) is 20.6. The van der Waals surface area contributed by atoms with Gasteiger partial charge in [0.2, 0.25) is 0 Å². The molecule has 0 atom stereocenters. The number of nitrogens with one attached hydrogen (secondary N) is 1. The Bertz CT molecular complexity index is 1110. The van der Waals surface area contributed by atoms with Gasteiger partial charge in [-0.15, -0.1) is 0 Å². The molecule has 0 heterocycles. The number of anilines is 1. The van der Waals surface area contributed by atoms with Crippen molar-refractivity contribution in [2.75, 3.05) is 11.9 Å². The Morgan fingerprint density at radius 1 is 0.862 bits per heavy atom. The van der Waals surface area contributed by atoms with Gasteiger partial charge >= 0.3 is 6.18 Å². The highest BCUT2D eigenvalue weighted by molar-refractivity contribution is 6.22. The first-order valence-electron chi connectivity index (χ1n) is 8.71. The average molecular weight is 397 g/mol. The first-order valence-corrected chi connectivity index (χ1v) is 8.71. The Balaban J connectivity index is 1.48. The molecule has 0 saturated carbocycles. The summed E-state index contributed by atoms with van der Waals surface area (Å²) in [5, 5.41) is 2.66. The van der Waals surface area contributed by atoms with Crippen LogP contribution in [0, 0.1) is 0 Å². The number of hydrogen-bond donors (Lipinski definition) is 1. The fourth-order valence-electron chi connectivity index (χ4n) is 3.17. The van der Waals surface area contributed by atoms with Crippen molar-refractivity contribution in [3.05, 3.63) is 83.4 Å². The second kappa shape index (κ2) is 7.09. The fourth-order valence-corrected chi connectivity index (χ4v) is 3.17. The summed E-state index contributed by atoms with van der Waals surface area (Å²) >= 11 is 0. The first kappa shape index (κ1) is 18.7. The number of carbonyl (C=O) groups is 2. The van der Waals surface area contributed by atoms with Crippen LogP contribution in [-0.2, 0) is 0 Å². The maximum absolute atomic E-state index is 12.6. The van der Waals surface area contributed by atoms with Crippen LogP contribution in [0.5, 0.6) is 5.75 Å². The molecule has 0 radical (unpaired) electrons. The lowest BCUT2D eigenvalue weighted by atomic mass is 10.0. The van der Waals surface area contributed by atoms with Crippen molar-refractivity contribution < 1.29 is 27.5 Å². The van der Waals surface area contributed by atoms with Crippen LogP contribution in [-0.4, -0.2) is 24.5 Å². The largest absolute Gasteiger partial charge is 0.484 e. The van der Waals surface area contributed by atoms with Gasteiger partial charge in [0, 0.05) is 22.4 Å². The van der Waals surface area contributed by atoms with Crippen molar-refractivity contribution >= 4 is 17.4 Å². The molecule has 7 heteroatoms. The number of ether oxygens (including phenoxy) is 1. The number of rotatable bonds is 4. The maximum Gasteiger partial charge on any atom is 0.422 e. The maximum atomic E-state index is 12.6. The van der Waals surface area contributed by atoms with E-state index in [1.807, 2.05) is 12.1 Å². The zero-order valence-electron chi connectivity index (χ0n) is 14.9. The molecule has 1 aliphatic carbocycles. The van der Waals surface area contributed by atoms with Crippen LogP contribution >= 0.6 is 0 Å². The Kier molecular flexibility index (Phi) is 4.58. The third-order valence-corrected chi connectivity index (χ3v) is 4.50. The molecule has 29 heavy (non-hydrogen) atoms. The van der Waals surface area contributed by atoms with Crippen LogP contribution in [0.25, 0.3) is 11.1 Å². The zero-order valence-corrected chi connectivity index (χ0v) is 14.9. The Labute approximate surface area is 163 Å². The Morgan fingerprint density at radius 2 is 1.52 bits per heavy atom. The Hall–Kier alpha value is -3.61. The lowest BCUT2D eigenvalue weighted by Crippen LogP contribution is -2.19. The first-order chi connectivity index (χ1) is 13.8. The van der Waals surface area contributed by atoms with Crippen LogP contribution in [0.2, 0.25) is 0 Å². The van der Waals surface area contributed by atoms with E-state index in [4.69, 9.17) is 0 Å². The number of halogens is 3. The summed E-state index contributed by atoms with van der Waals surface area (Å²) in [5.41, 5.74) is 3.40. The van der Waals surface area contributed by atoms with Gasteiger partial charge in [-0.25, -0.2) is 0 Å². The second-order valence-electron chi connectivity index (χ2n) is 6.52. The molecule has 0 saturated heterocycles. The lowest BCUT2D eigenvalue weighted by molar-refractivity contribution is -0.153. The minimum Gasteiger partial charge on any atom is -0.484 e. The van der Waals surface area contributed by atoms with Gasteiger partial charge < -0.3 is 10.1 Å². The van der Waals surface area contributed by atoms with Crippen molar-refractivity contribution in [3.8, 4) is 16.9 Å². The molecular weight excluding hydrogens is 383 g/mol. The van der Waals surface area contributed by atoms with E-state index in [0.717, 1.165) is 11.1 Å². The molecule has 0 bridgehead atoms. The number of ketones is 1. The van der Waals surface area contributed by atoms with E-state index in [9.17, 15) is 22.8 Å². The summed E-state index contributed by atoms with van der Waals surface area (Å²) in [6.07, 6.45) is -4.42. The van der Waals surface area contributed by atoms with Crippen LogP contribution < -0.4 is 10.1 Å². The number of fused-ring (bicyclic) bond motifs is 3. The topological polar surface area (TPSA) is 55.4 Å². The summed E-state index contributed by atoms with van der Waals surface area (Å²) in [6, 6.07) is 17.7. The molecule has 3 aromatic rings. The van der Waals surface area contributed by atoms with Gasteiger partial charge in [-0.05, 0) is 47.5 Å². The average Bonchev–Trinajstić information content (AvgIpc) is 2.99. The van der Waals surface area contributed by atoms with E-state index < -0.39 is 18.7 Å². The number of alkyl halides is 3. The number of amides is 1. The summed E-state index contributed by atoms with van der Waals surface area (Å²) in [6.45, 7) is -1.38. The molecule has 4 rings (SSSR count). The van der Waals surface area contributed by atoms with Gasteiger partial charge in [0.25, 0.3) is 5.91 Å². The van der Waals surface area contributed by atoms with Crippen molar-refractivity contribution in [2.24, 2.45) is 0 Å². The van der Waals surface area contributed by atoms with Crippen molar-refractivity contribution in [2.45, 2.75) is 6.18 Å². The lowest BCUT2D eigenvalue weighted by Gasteiger charge is -2.10. The van der Waals surface area contributed by atoms with Crippen molar-refractivity contribution in [1.29, 1.82) is 0 Å². The number of hydrogen-bond acceptors (Lipinski definition) is 3. The molecule has 146 valence electrons. The minimum atomic E-state index is -4.42. The van der Waals surface area contributed by atoms with Gasteiger partial charge in [0.05, 0.1) is 0 Å². The highest BCUT2D eigenvalue weighted by Gasteiger charge is 2.28. The predicted molar refractivity (Wildman–Crippen MR) is 101 cm³/mol. The highest BCUT2D eigenvalue weighted by Crippen LogP contribution is 2.36. The van der Waals surface area contributed by atoms with Gasteiger partial charge in [0.1, 0.15) is 5.75 Å². The summed E-state index contributed by atoms with van der Waals surface area (Å²) < 4.78 is 41.2. The third kappa shape index (κ3) is 3.85. The molecule has 4 nitrogen and oxygen atoms in total. The standard InChI is InChI=1S/C22H14F3NO3/c23-22(24,25)12-29-15-8-6-14(7-9-15)26-21(28)13-5-10-17-16-3-1-2-4-18(16)20(27)19(17)11-13/h1-11H,12H2,(H,26,28). The molecule has 1 N–H and O–H groups in total. The number of benzene rings is 3. The summed E-state index contributed by atoms with van der Waals surface area (Å²) in [7, 11) is 0. The molecule has 1 amide bonds. The SMILES string of the molecule is O=C(Nc1ccc(OCC(F)(F)F)cc1)c1ccc2c(c1)C(=O)c1ccccc1-2. The smallest absolute Gasteiger partial charge is 0.422 e. The van der Waals surface area contributed by atoms with Crippen LogP contribution in [0.4, 0.5) is 18.9 Å². The van der Waals surface area contributed by atoms with E-state index in [2.05, 4.69) is 10.1 Å². The van der Waals surface area contributed by atoms with Gasteiger partial charge in [-0.3, -0.25) is 9.59 Å². The van der Waals surface area contributed by atoms with E-state index in [1.165, 1.54) is 24.3 Å². The minimum absolute atomic E-state index is 0.0428. The van der Waals surface area contributed by atoms with E-state index in [1.54, 1.807) is 30.3 Å². The van der Waals surface area contributed by atoms with Gasteiger partial charge in [-0.2, -0.15) is 13.2 Å². The van der Waals surface area contributed by atoms with Crippen molar-refractivity contribution in [3.63, 3.8) is 0 Å². The van der Waals surface area contributed by atoms with Crippen LogP contribution in [0.1, 0.15) is 26.3 Å². The second-order valence-corrected chi connectivity index (χ2v) is 6.52. The molecule has 1 aliphatic rings. The fraction of sp³-hybridized carbons (Fsp3) is 0.0909. The van der Waals surface area contributed by atoms with Gasteiger partial charge in [-0.1, -0.05) is 30.3 Å². The predicted octanol–water partition coefficient (Wildman–Crippen LogP) is 5.09. The molecule has 0 aromatic heterocycles. The summed E-state index contributed by atoms with van der Waals surface area (Å²) in [5.74, 6) is -0.516. The molecule has 3 aromatic carbocycles. The van der Waals surface area contributed by atoms with E-state index >= 15 is 0 Å². The van der Waals surface area contributed by atoms with Crippen LogP contribution in [0.15, 0.2) is 66.7 Å². The molecular formula is C22H14F3NO3. The number of carbonyl (C=O) groups excluding carboxylic acids is 2.